The first-order valence-corrected chi connectivity index (χ1v) is 7.68. The standard InChI is InChI=1S/C19H26N2/c1-16(17-9-5-4-6-10-17)13-14-20-19-12-8-7-11-18(19)15-21(2)3/h4-12,16,20H,13-15H2,1-3H3. The van der Waals surface area contributed by atoms with Gasteiger partial charge in [0, 0.05) is 18.8 Å². The largest absolute Gasteiger partial charge is 0.385 e. The average Bonchev–Trinajstić information content (AvgIpc) is 2.49. The van der Waals surface area contributed by atoms with Crippen molar-refractivity contribution >= 4 is 5.69 Å². The van der Waals surface area contributed by atoms with Crippen LogP contribution in [-0.2, 0) is 6.54 Å². The van der Waals surface area contributed by atoms with Gasteiger partial charge >= 0.3 is 0 Å². The van der Waals surface area contributed by atoms with Gasteiger partial charge in [-0.3, -0.25) is 0 Å². The van der Waals surface area contributed by atoms with Gasteiger partial charge in [-0.25, -0.2) is 0 Å². The molecule has 0 saturated carbocycles. The Balaban J connectivity index is 1.89. The number of nitrogens with zero attached hydrogens (tertiary/aromatic N) is 1. The van der Waals surface area contributed by atoms with Gasteiger partial charge < -0.3 is 10.2 Å². The van der Waals surface area contributed by atoms with E-state index < -0.39 is 0 Å². The molecule has 2 aromatic carbocycles. The molecular formula is C19H26N2. The highest BCUT2D eigenvalue weighted by atomic mass is 15.1. The Morgan fingerprint density at radius 2 is 1.62 bits per heavy atom. The SMILES string of the molecule is CC(CCNc1ccccc1CN(C)C)c1ccccc1. The van der Waals surface area contributed by atoms with E-state index in [0.29, 0.717) is 5.92 Å². The van der Waals surface area contributed by atoms with Crippen molar-refractivity contribution in [3.05, 3.63) is 65.7 Å². The number of rotatable bonds is 7. The van der Waals surface area contributed by atoms with Crippen molar-refractivity contribution < 1.29 is 0 Å². The predicted molar refractivity (Wildman–Crippen MR) is 91.8 cm³/mol. The maximum absolute atomic E-state index is 3.59. The highest BCUT2D eigenvalue weighted by Gasteiger charge is 2.06. The number of benzene rings is 2. The Morgan fingerprint density at radius 1 is 0.952 bits per heavy atom. The molecule has 2 heteroatoms. The molecule has 0 aliphatic carbocycles. The summed E-state index contributed by atoms with van der Waals surface area (Å²) in [4.78, 5) is 2.20. The molecule has 112 valence electrons. The maximum Gasteiger partial charge on any atom is 0.0385 e. The Bertz CT molecular complexity index is 534. The first-order valence-electron chi connectivity index (χ1n) is 7.68. The molecule has 1 N–H and O–H groups in total. The third-order valence-electron chi connectivity index (χ3n) is 3.77. The zero-order chi connectivity index (χ0) is 15.1. The zero-order valence-electron chi connectivity index (χ0n) is 13.3. The van der Waals surface area contributed by atoms with Gasteiger partial charge in [-0.2, -0.15) is 0 Å². The average molecular weight is 282 g/mol. The highest BCUT2D eigenvalue weighted by molar-refractivity contribution is 5.51. The van der Waals surface area contributed by atoms with E-state index in [4.69, 9.17) is 0 Å². The molecule has 0 bridgehead atoms. The van der Waals surface area contributed by atoms with Gasteiger partial charge in [0.1, 0.15) is 0 Å². The minimum Gasteiger partial charge on any atom is -0.385 e. The number of anilines is 1. The van der Waals surface area contributed by atoms with Crippen LogP contribution in [-0.4, -0.2) is 25.5 Å². The first kappa shape index (κ1) is 15.6. The Kier molecular flexibility index (Phi) is 5.82. The van der Waals surface area contributed by atoms with Crippen LogP contribution in [0.5, 0.6) is 0 Å². The maximum atomic E-state index is 3.59. The van der Waals surface area contributed by atoms with E-state index in [1.807, 2.05) is 0 Å². The Morgan fingerprint density at radius 3 is 2.33 bits per heavy atom. The summed E-state index contributed by atoms with van der Waals surface area (Å²) in [6, 6.07) is 19.3. The summed E-state index contributed by atoms with van der Waals surface area (Å²) in [5.41, 5.74) is 4.03. The van der Waals surface area contributed by atoms with Crippen molar-refractivity contribution in [3.8, 4) is 0 Å². The van der Waals surface area contributed by atoms with Crippen molar-refractivity contribution in [2.75, 3.05) is 26.0 Å². The van der Waals surface area contributed by atoms with Crippen molar-refractivity contribution in [1.29, 1.82) is 0 Å². The molecule has 0 aliphatic heterocycles. The van der Waals surface area contributed by atoms with E-state index in [1.165, 1.54) is 16.8 Å². The lowest BCUT2D eigenvalue weighted by Gasteiger charge is -2.17. The minimum absolute atomic E-state index is 0.583. The number of hydrogen-bond acceptors (Lipinski definition) is 2. The van der Waals surface area contributed by atoms with Crippen LogP contribution in [0.1, 0.15) is 30.4 Å². The summed E-state index contributed by atoms with van der Waals surface area (Å²) < 4.78 is 0. The summed E-state index contributed by atoms with van der Waals surface area (Å²) in [6.45, 7) is 4.26. The second-order valence-corrected chi connectivity index (χ2v) is 5.92. The second kappa shape index (κ2) is 7.84. The van der Waals surface area contributed by atoms with Crippen LogP contribution in [0, 0.1) is 0 Å². The van der Waals surface area contributed by atoms with Crippen LogP contribution >= 0.6 is 0 Å². The molecule has 0 saturated heterocycles. The molecule has 0 spiro atoms. The van der Waals surface area contributed by atoms with E-state index in [1.54, 1.807) is 0 Å². The van der Waals surface area contributed by atoms with Crippen LogP contribution in [0.3, 0.4) is 0 Å². The van der Waals surface area contributed by atoms with Gasteiger partial charge in [-0.05, 0) is 43.6 Å². The van der Waals surface area contributed by atoms with E-state index in [9.17, 15) is 0 Å². The monoisotopic (exact) mass is 282 g/mol. The van der Waals surface area contributed by atoms with Crippen LogP contribution in [0.15, 0.2) is 54.6 Å². The van der Waals surface area contributed by atoms with Gasteiger partial charge in [-0.1, -0.05) is 55.5 Å². The first-order chi connectivity index (χ1) is 10.2. The molecule has 0 aromatic heterocycles. The summed E-state index contributed by atoms with van der Waals surface area (Å²) in [6.07, 6.45) is 1.14. The van der Waals surface area contributed by atoms with Crippen molar-refractivity contribution in [2.45, 2.75) is 25.8 Å². The van der Waals surface area contributed by atoms with Gasteiger partial charge in [0.25, 0.3) is 0 Å². The smallest absolute Gasteiger partial charge is 0.0385 e. The molecule has 0 amide bonds. The van der Waals surface area contributed by atoms with E-state index >= 15 is 0 Å². The summed E-state index contributed by atoms with van der Waals surface area (Å²) >= 11 is 0. The molecule has 0 radical (unpaired) electrons. The molecule has 2 rings (SSSR count). The topological polar surface area (TPSA) is 15.3 Å². The molecule has 0 heterocycles. The lowest BCUT2D eigenvalue weighted by molar-refractivity contribution is 0.403. The molecule has 0 fully saturated rings. The van der Waals surface area contributed by atoms with Crippen LogP contribution < -0.4 is 5.32 Å². The second-order valence-electron chi connectivity index (χ2n) is 5.92. The highest BCUT2D eigenvalue weighted by Crippen LogP contribution is 2.20. The molecule has 2 aromatic rings. The Labute approximate surface area is 128 Å². The van der Waals surface area contributed by atoms with Crippen LogP contribution in [0.2, 0.25) is 0 Å². The van der Waals surface area contributed by atoms with E-state index in [2.05, 4.69) is 85.8 Å². The quantitative estimate of drug-likeness (QED) is 0.812. The van der Waals surface area contributed by atoms with Gasteiger partial charge in [-0.15, -0.1) is 0 Å². The lowest BCUT2D eigenvalue weighted by Crippen LogP contribution is -2.13. The normalized spacial score (nSPS) is 12.4. The number of para-hydroxylation sites is 1. The number of hydrogen-bond donors (Lipinski definition) is 1. The fraction of sp³-hybridized carbons (Fsp3) is 0.368. The lowest BCUT2D eigenvalue weighted by atomic mass is 9.98. The Hall–Kier alpha value is -1.80. The third-order valence-corrected chi connectivity index (χ3v) is 3.77. The molecule has 1 atom stereocenters. The molecular weight excluding hydrogens is 256 g/mol. The van der Waals surface area contributed by atoms with E-state index in [0.717, 1.165) is 19.5 Å². The number of nitrogens with one attached hydrogen (secondary N) is 1. The fourth-order valence-electron chi connectivity index (χ4n) is 2.54. The van der Waals surface area contributed by atoms with Crippen molar-refractivity contribution in [2.24, 2.45) is 0 Å². The van der Waals surface area contributed by atoms with Crippen LogP contribution in [0.25, 0.3) is 0 Å². The van der Waals surface area contributed by atoms with Gasteiger partial charge in [0.2, 0.25) is 0 Å². The third kappa shape index (κ3) is 4.91. The molecule has 2 nitrogen and oxygen atoms in total. The molecule has 21 heavy (non-hydrogen) atoms. The minimum atomic E-state index is 0.583. The molecule has 1 unspecified atom stereocenters. The predicted octanol–water partition coefficient (Wildman–Crippen LogP) is 4.35. The van der Waals surface area contributed by atoms with Crippen molar-refractivity contribution in [1.82, 2.24) is 4.90 Å². The fourth-order valence-corrected chi connectivity index (χ4v) is 2.54. The summed E-state index contributed by atoms with van der Waals surface area (Å²) in [5.74, 6) is 0.583. The van der Waals surface area contributed by atoms with Crippen molar-refractivity contribution in [3.63, 3.8) is 0 Å². The van der Waals surface area contributed by atoms with Gasteiger partial charge in [0.05, 0.1) is 0 Å². The summed E-state index contributed by atoms with van der Waals surface area (Å²) in [7, 11) is 4.21. The van der Waals surface area contributed by atoms with Gasteiger partial charge in [0.15, 0.2) is 0 Å². The van der Waals surface area contributed by atoms with Crippen LogP contribution in [0.4, 0.5) is 5.69 Å². The molecule has 0 aliphatic rings. The summed E-state index contributed by atoms with van der Waals surface area (Å²) in [5, 5.41) is 3.59. The zero-order valence-corrected chi connectivity index (χ0v) is 13.3. The van der Waals surface area contributed by atoms with E-state index in [-0.39, 0.29) is 0 Å².